The summed E-state index contributed by atoms with van der Waals surface area (Å²) >= 11 is 1.46. The van der Waals surface area contributed by atoms with Crippen LogP contribution in [0.2, 0.25) is 25.7 Å². The Hall–Kier alpha value is -2.48. The fourth-order valence-electron chi connectivity index (χ4n) is 6.75. The molecule has 50 heavy (non-hydrogen) atoms. The molecule has 0 aliphatic heterocycles. The van der Waals surface area contributed by atoms with Crippen molar-refractivity contribution >= 4 is 11.3 Å². The zero-order chi connectivity index (χ0) is 34.9. The molecule has 0 aromatic heterocycles. The summed E-state index contributed by atoms with van der Waals surface area (Å²) < 4.78 is 1.42. The molecule has 0 spiro atoms. The molecule has 0 atom stereocenters. The van der Waals surface area contributed by atoms with Gasteiger partial charge in [-0.25, -0.2) is 0 Å². The van der Waals surface area contributed by atoms with E-state index >= 15 is 0 Å². The summed E-state index contributed by atoms with van der Waals surface area (Å²) in [5.41, 5.74) is 17.2. The van der Waals surface area contributed by atoms with Gasteiger partial charge in [-0.3, -0.25) is 0 Å². The summed E-state index contributed by atoms with van der Waals surface area (Å²) in [4.78, 5) is 0. The Morgan fingerprint density at radius 1 is 0.680 bits per heavy atom. The summed E-state index contributed by atoms with van der Waals surface area (Å²) in [6, 6.07) is 41.3. The second kappa shape index (κ2) is 16.9. The SMILES string of the molecule is C=C(C[c-]1cccc1-c1cc(C(C)(C)C)cc2c1Cc1ccc(C(C)(C)C)cc1-2)C[Si](C)(C)C.[Cl-].[Cl-].[Zr+2]=[C](c1ccccc1)c1ccccc1. The topological polar surface area (TPSA) is 0 Å². The average molecular weight is 796 g/mol. The number of rotatable bonds is 7. The quantitative estimate of drug-likeness (QED) is 0.0987. The molecule has 6 rings (SSSR count). The van der Waals surface area contributed by atoms with Crippen molar-refractivity contribution in [3.63, 3.8) is 0 Å². The molecule has 5 aromatic carbocycles. The number of hydrogen-bond acceptors (Lipinski definition) is 0. The van der Waals surface area contributed by atoms with Crippen LogP contribution in [0.4, 0.5) is 0 Å². The van der Waals surface area contributed by atoms with E-state index in [-0.39, 0.29) is 35.6 Å². The van der Waals surface area contributed by atoms with Crippen molar-refractivity contribution < 1.29 is 49.0 Å². The molecule has 1 aliphatic carbocycles. The Balaban J connectivity index is 0.000000355. The van der Waals surface area contributed by atoms with Gasteiger partial charge in [-0.2, -0.15) is 18.2 Å². The molecule has 5 aromatic rings. The van der Waals surface area contributed by atoms with Crippen molar-refractivity contribution in [3.8, 4) is 22.3 Å². The minimum absolute atomic E-state index is 0. The van der Waals surface area contributed by atoms with E-state index in [1.54, 1.807) is 0 Å². The number of halogens is 2. The normalized spacial score (nSPS) is 12.1. The van der Waals surface area contributed by atoms with Crippen molar-refractivity contribution in [3.05, 3.63) is 160 Å². The maximum atomic E-state index is 4.48. The van der Waals surface area contributed by atoms with Crippen LogP contribution in [0.25, 0.3) is 22.3 Å². The molecule has 0 N–H and O–H groups in total. The molecule has 0 bridgehead atoms. The third-order valence-corrected chi connectivity index (χ3v) is 12.3. The van der Waals surface area contributed by atoms with Crippen molar-refractivity contribution in [1.82, 2.24) is 0 Å². The van der Waals surface area contributed by atoms with Gasteiger partial charge < -0.3 is 24.8 Å². The van der Waals surface area contributed by atoms with Gasteiger partial charge in [-0.15, -0.1) is 17.7 Å². The maximum absolute atomic E-state index is 4.48. The van der Waals surface area contributed by atoms with Crippen LogP contribution < -0.4 is 24.8 Å². The Bertz CT molecular complexity index is 1870. The molecule has 260 valence electrons. The van der Waals surface area contributed by atoms with E-state index in [1.807, 2.05) is 0 Å². The van der Waals surface area contributed by atoms with E-state index < -0.39 is 8.07 Å². The van der Waals surface area contributed by atoms with Crippen LogP contribution in [-0.2, 0) is 47.9 Å². The van der Waals surface area contributed by atoms with Crippen LogP contribution in [0.1, 0.15) is 80.5 Å². The molecule has 0 heterocycles. The Morgan fingerprint density at radius 2 is 1.20 bits per heavy atom. The van der Waals surface area contributed by atoms with Crippen LogP contribution in [0.5, 0.6) is 0 Å². The monoisotopic (exact) mass is 793 g/mol. The molecular weight excluding hydrogens is 743 g/mol. The fraction of sp³-hybridized carbons (Fsp3) is 0.304. The first-order valence-corrected chi connectivity index (χ1v) is 22.4. The van der Waals surface area contributed by atoms with Crippen LogP contribution >= 0.6 is 0 Å². The van der Waals surface area contributed by atoms with Gasteiger partial charge in [0.2, 0.25) is 0 Å². The standard InChI is InChI=1S/C33H43Si.C13H10.2ClH.Zr/c1-22(21-34(8,9)10)16-23-12-11-13-27(23)30-19-26(33(5,6)7)20-31-28-18-25(32(2,3)4)15-14-24(28)17-29(30)31;1-3-7-12(8-4-1)11-13-9-5-2-6-10-13;;;/h11-15,18-20H,1,16-17,21H2,2-10H3;1-10H;2*1H;/q-1;;;;+2/p-2. The van der Waals surface area contributed by atoms with Crippen molar-refractivity contribution in [2.75, 3.05) is 0 Å². The van der Waals surface area contributed by atoms with Gasteiger partial charge in [-0.1, -0.05) is 114 Å². The second-order valence-electron chi connectivity index (χ2n) is 16.8. The molecule has 0 radical (unpaired) electrons. The summed E-state index contributed by atoms with van der Waals surface area (Å²) in [5.74, 6) is 0. The van der Waals surface area contributed by atoms with Gasteiger partial charge >= 0.3 is 99.2 Å². The van der Waals surface area contributed by atoms with Gasteiger partial charge in [0.1, 0.15) is 0 Å². The van der Waals surface area contributed by atoms with Crippen molar-refractivity contribution in [1.29, 1.82) is 0 Å². The zero-order valence-electron chi connectivity index (χ0n) is 31.5. The summed E-state index contributed by atoms with van der Waals surface area (Å²) in [6.07, 6.45) is 2.01. The van der Waals surface area contributed by atoms with Crippen LogP contribution in [-0.4, -0.2) is 11.3 Å². The number of hydrogen-bond donors (Lipinski definition) is 0. The van der Waals surface area contributed by atoms with E-state index in [2.05, 4.69) is 177 Å². The minimum atomic E-state index is -1.16. The molecule has 0 nitrogen and oxygen atoms in total. The third kappa shape index (κ3) is 10.3. The van der Waals surface area contributed by atoms with E-state index in [4.69, 9.17) is 0 Å². The molecule has 0 saturated heterocycles. The van der Waals surface area contributed by atoms with E-state index in [9.17, 15) is 0 Å². The number of allylic oxidation sites excluding steroid dienone is 1. The van der Waals surface area contributed by atoms with Crippen molar-refractivity contribution in [2.24, 2.45) is 0 Å². The van der Waals surface area contributed by atoms with Gasteiger partial charge in [0.05, 0.1) is 0 Å². The third-order valence-electron chi connectivity index (χ3n) is 9.29. The molecule has 0 amide bonds. The molecule has 0 saturated carbocycles. The molecule has 4 heteroatoms. The summed E-state index contributed by atoms with van der Waals surface area (Å²) in [7, 11) is -1.16. The van der Waals surface area contributed by atoms with Crippen molar-refractivity contribution in [2.45, 2.75) is 90.9 Å². The van der Waals surface area contributed by atoms with Gasteiger partial charge in [0.25, 0.3) is 0 Å². The Kier molecular flexibility index (Phi) is 14.2. The van der Waals surface area contributed by atoms with E-state index in [0.29, 0.717) is 0 Å². The Labute approximate surface area is 331 Å². The van der Waals surface area contributed by atoms with Crippen LogP contribution in [0.15, 0.2) is 121 Å². The molecule has 0 unspecified atom stereocenters. The molecular formula is C46H53Cl2SiZr-. The first-order valence-electron chi connectivity index (χ1n) is 17.4. The summed E-state index contributed by atoms with van der Waals surface area (Å²) in [6.45, 7) is 25.7. The predicted octanol–water partition coefficient (Wildman–Crippen LogP) is 6.49. The average Bonchev–Trinajstić information content (AvgIpc) is 3.63. The van der Waals surface area contributed by atoms with Crippen LogP contribution in [0.3, 0.4) is 0 Å². The van der Waals surface area contributed by atoms with Crippen LogP contribution in [0, 0.1) is 0 Å². The number of fused-ring (bicyclic) bond motifs is 3. The van der Waals surface area contributed by atoms with E-state index in [0.717, 1.165) is 12.8 Å². The fourth-order valence-corrected chi connectivity index (χ4v) is 9.19. The second-order valence-corrected chi connectivity index (χ2v) is 23.5. The molecule has 1 aliphatic rings. The first kappa shape index (κ1) is 41.9. The zero-order valence-corrected chi connectivity index (χ0v) is 36.4. The van der Waals surface area contributed by atoms with E-state index in [1.165, 1.54) is 100 Å². The predicted molar refractivity (Wildman–Crippen MR) is 210 cm³/mol. The van der Waals surface area contributed by atoms with Gasteiger partial charge in [0.15, 0.2) is 0 Å². The number of benzene rings is 4. The van der Waals surface area contributed by atoms with Gasteiger partial charge in [-0.05, 0) is 52.0 Å². The first-order chi connectivity index (χ1) is 22.5. The Morgan fingerprint density at radius 3 is 1.72 bits per heavy atom. The molecule has 0 fully saturated rings. The summed E-state index contributed by atoms with van der Waals surface area (Å²) in [5, 5.41) is 0. The van der Waals surface area contributed by atoms with Gasteiger partial charge in [0, 0.05) is 8.07 Å².